The molecule has 1 aromatic carbocycles. The van der Waals surface area contributed by atoms with Crippen molar-refractivity contribution >= 4 is 23.2 Å². The molecule has 1 aromatic rings. The normalized spacial score (nSPS) is 16.3. The Bertz CT molecular complexity index is 470. The molecular formula is C16H24Cl2N2O. The fourth-order valence-corrected chi connectivity index (χ4v) is 2.87. The summed E-state index contributed by atoms with van der Waals surface area (Å²) in [5, 5.41) is 14.6. The van der Waals surface area contributed by atoms with Crippen molar-refractivity contribution in [3.05, 3.63) is 33.8 Å². The first kappa shape index (κ1) is 17.0. The van der Waals surface area contributed by atoms with Gasteiger partial charge in [0.05, 0.1) is 5.60 Å². The highest BCUT2D eigenvalue weighted by molar-refractivity contribution is 6.35. The highest BCUT2D eigenvalue weighted by Gasteiger charge is 2.22. The van der Waals surface area contributed by atoms with Gasteiger partial charge in [-0.25, -0.2) is 0 Å². The van der Waals surface area contributed by atoms with Crippen molar-refractivity contribution in [1.29, 1.82) is 0 Å². The SMILES string of the molecule is CC(C)(O)CCN(Cc1ccc(Cl)cc1Cl)CC1CNC1. The molecule has 118 valence electrons. The molecular weight excluding hydrogens is 307 g/mol. The summed E-state index contributed by atoms with van der Waals surface area (Å²) in [7, 11) is 0. The van der Waals surface area contributed by atoms with Gasteiger partial charge in [0.1, 0.15) is 0 Å². The van der Waals surface area contributed by atoms with E-state index in [1.54, 1.807) is 6.07 Å². The number of benzene rings is 1. The van der Waals surface area contributed by atoms with Crippen LogP contribution in [-0.2, 0) is 6.54 Å². The Kier molecular flexibility index (Phi) is 5.92. The molecule has 0 saturated carbocycles. The third kappa shape index (κ3) is 5.76. The van der Waals surface area contributed by atoms with Crippen LogP contribution in [0.2, 0.25) is 10.0 Å². The predicted octanol–water partition coefficient (Wildman–Crippen LogP) is 3.18. The van der Waals surface area contributed by atoms with Gasteiger partial charge in [-0.1, -0.05) is 29.3 Å². The molecule has 1 heterocycles. The maximum Gasteiger partial charge on any atom is 0.0603 e. The van der Waals surface area contributed by atoms with E-state index in [4.69, 9.17) is 23.2 Å². The van der Waals surface area contributed by atoms with E-state index in [1.165, 1.54) is 0 Å². The lowest BCUT2D eigenvalue weighted by Crippen LogP contribution is -2.48. The molecule has 0 aliphatic carbocycles. The van der Waals surface area contributed by atoms with E-state index in [-0.39, 0.29) is 0 Å². The highest BCUT2D eigenvalue weighted by atomic mass is 35.5. The van der Waals surface area contributed by atoms with Crippen LogP contribution in [0.25, 0.3) is 0 Å². The van der Waals surface area contributed by atoms with Gasteiger partial charge in [-0.05, 0) is 43.9 Å². The Labute approximate surface area is 137 Å². The Morgan fingerprint density at radius 1 is 1.33 bits per heavy atom. The largest absolute Gasteiger partial charge is 0.390 e. The minimum absolute atomic E-state index is 0.639. The maximum atomic E-state index is 9.95. The molecule has 3 nitrogen and oxygen atoms in total. The predicted molar refractivity (Wildman–Crippen MR) is 89.0 cm³/mol. The van der Waals surface area contributed by atoms with E-state index in [9.17, 15) is 5.11 Å². The van der Waals surface area contributed by atoms with Crippen molar-refractivity contribution < 1.29 is 5.11 Å². The van der Waals surface area contributed by atoms with E-state index < -0.39 is 5.60 Å². The molecule has 1 saturated heterocycles. The summed E-state index contributed by atoms with van der Waals surface area (Å²) in [6.07, 6.45) is 0.748. The van der Waals surface area contributed by atoms with Crippen LogP contribution < -0.4 is 5.32 Å². The molecule has 0 bridgehead atoms. The van der Waals surface area contributed by atoms with E-state index in [0.29, 0.717) is 16.0 Å². The zero-order chi connectivity index (χ0) is 15.5. The number of aliphatic hydroxyl groups is 1. The number of halogens is 2. The average molecular weight is 331 g/mol. The van der Waals surface area contributed by atoms with E-state index in [1.807, 2.05) is 26.0 Å². The highest BCUT2D eigenvalue weighted by Crippen LogP contribution is 2.23. The van der Waals surface area contributed by atoms with Crippen molar-refractivity contribution in [3.63, 3.8) is 0 Å². The number of hydrogen-bond acceptors (Lipinski definition) is 3. The van der Waals surface area contributed by atoms with Crippen LogP contribution in [0, 0.1) is 5.92 Å². The average Bonchev–Trinajstić information content (AvgIpc) is 2.32. The Hall–Kier alpha value is -0.320. The fraction of sp³-hybridized carbons (Fsp3) is 0.625. The summed E-state index contributed by atoms with van der Waals surface area (Å²) in [5.41, 5.74) is 0.448. The van der Waals surface area contributed by atoms with Gasteiger partial charge in [0.15, 0.2) is 0 Å². The molecule has 5 heteroatoms. The first-order chi connectivity index (χ1) is 9.83. The van der Waals surface area contributed by atoms with Crippen LogP contribution in [-0.4, -0.2) is 41.8 Å². The summed E-state index contributed by atoms with van der Waals surface area (Å²) in [5.74, 6) is 0.692. The van der Waals surface area contributed by atoms with Crippen LogP contribution in [0.3, 0.4) is 0 Å². The number of nitrogens with one attached hydrogen (secondary N) is 1. The summed E-state index contributed by atoms with van der Waals surface area (Å²) < 4.78 is 0. The van der Waals surface area contributed by atoms with Crippen LogP contribution in [0.1, 0.15) is 25.8 Å². The summed E-state index contributed by atoms with van der Waals surface area (Å²) in [4.78, 5) is 2.37. The summed E-state index contributed by atoms with van der Waals surface area (Å²) in [6, 6.07) is 5.65. The quantitative estimate of drug-likeness (QED) is 0.806. The first-order valence-corrected chi connectivity index (χ1v) is 8.18. The van der Waals surface area contributed by atoms with Crippen LogP contribution in [0.5, 0.6) is 0 Å². The van der Waals surface area contributed by atoms with Crippen LogP contribution in [0.4, 0.5) is 0 Å². The molecule has 0 spiro atoms. The Morgan fingerprint density at radius 3 is 2.57 bits per heavy atom. The summed E-state index contributed by atoms with van der Waals surface area (Å²) >= 11 is 12.2. The molecule has 1 aliphatic rings. The minimum Gasteiger partial charge on any atom is -0.390 e. The number of rotatable bonds is 7. The van der Waals surface area contributed by atoms with Crippen molar-refractivity contribution in [1.82, 2.24) is 10.2 Å². The standard InChI is InChI=1S/C16H24Cl2N2O/c1-16(2,21)5-6-20(10-12-8-19-9-12)11-13-3-4-14(17)7-15(13)18/h3-4,7,12,19,21H,5-6,8-11H2,1-2H3. The van der Waals surface area contributed by atoms with Crippen molar-refractivity contribution in [2.45, 2.75) is 32.4 Å². The summed E-state index contributed by atoms with van der Waals surface area (Å²) in [6.45, 7) is 8.54. The molecule has 21 heavy (non-hydrogen) atoms. The molecule has 1 fully saturated rings. The minimum atomic E-state index is -0.639. The van der Waals surface area contributed by atoms with Crippen molar-refractivity contribution in [2.24, 2.45) is 5.92 Å². The second-order valence-electron chi connectivity index (χ2n) is 6.56. The maximum absolute atomic E-state index is 9.95. The van der Waals surface area contributed by atoms with Gasteiger partial charge in [-0.2, -0.15) is 0 Å². The molecule has 0 atom stereocenters. The second-order valence-corrected chi connectivity index (χ2v) is 7.40. The van der Waals surface area contributed by atoms with Gasteiger partial charge in [0.2, 0.25) is 0 Å². The Balaban J connectivity index is 1.99. The lowest BCUT2D eigenvalue weighted by Gasteiger charge is -2.34. The fourth-order valence-electron chi connectivity index (χ4n) is 2.40. The van der Waals surface area contributed by atoms with Crippen LogP contribution >= 0.6 is 23.2 Å². The molecule has 2 N–H and O–H groups in total. The topological polar surface area (TPSA) is 35.5 Å². The van der Waals surface area contributed by atoms with Gasteiger partial charge in [-0.15, -0.1) is 0 Å². The molecule has 2 rings (SSSR count). The van der Waals surface area contributed by atoms with E-state index >= 15 is 0 Å². The zero-order valence-electron chi connectivity index (χ0n) is 12.7. The van der Waals surface area contributed by atoms with Crippen LogP contribution in [0.15, 0.2) is 18.2 Å². The van der Waals surface area contributed by atoms with Crippen molar-refractivity contribution in [3.8, 4) is 0 Å². The third-order valence-electron chi connectivity index (χ3n) is 3.83. The Morgan fingerprint density at radius 2 is 2.05 bits per heavy atom. The van der Waals surface area contributed by atoms with E-state index in [2.05, 4.69) is 10.2 Å². The molecule has 0 amide bonds. The lowest BCUT2D eigenvalue weighted by atomic mass is 10.0. The molecule has 0 aromatic heterocycles. The van der Waals surface area contributed by atoms with E-state index in [0.717, 1.165) is 44.7 Å². The smallest absolute Gasteiger partial charge is 0.0603 e. The van der Waals surface area contributed by atoms with Gasteiger partial charge in [-0.3, -0.25) is 4.90 Å². The number of hydrogen-bond donors (Lipinski definition) is 2. The molecule has 1 aliphatic heterocycles. The lowest BCUT2D eigenvalue weighted by molar-refractivity contribution is 0.0523. The number of nitrogens with zero attached hydrogens (tertiary/aromatic N) is 1. The van der Waals surface area contributed by atoms with Gasteiger partial charge in [0.25, 0.3) is 0 Å². The first-order valence-electron chi connectivity index (χ1n) is 7.43. The third-order valence-corrected chi connectivity index (χ3v) is 4.42. The second kappa shape index (κ2) is 7.30. The molecule has 0 radical (unpaired) electrons. The zero-order valence-corrected chi connectivity index (χ0v) is 14.2. The molecule has 0 unspecified atom stereocenters. The van der Waals surface area contributed by atoms with Gasteiger partial charge in [0, 0.05) is 42.8 Å². The van der Waals surface area contributed by atoms with Gasteiger partial charge < -0.3 is 10.4 Å². The monoisotopic (exact) mass is 330 g/mol. The van der Waals surface area contributed by atoms with Gasteiger partial charge >= 0.3 is 0 Å². The van der Waals surface area contributed by atoms with Crippen molar-refractivity contribution in [2.75, 3.05) is 26.2 Å².